The van der Waals surface area contributed by atoms with Crippen LogP contribution in [0.2, 0.25) is 0 Å². The van der Waals surface area contributed by atoms with Crippen molar-refractivity contribution in [2.45, 2.75) is 32.1 Å². The molecule has 2 aliphatic rings. The standard InChI is InChI=1S/C19H25N3O2/c23-19(13-17-16-3-1-2-4-18(16)24-21-17)22-11-7-15(8-12-22)14-5-9-20-10-6-14/h1-4,14-15,20H,5-13H2. The van der Waals surface area contributed by atoms with Crippen molar-refractivity contribution in [3.05, 3.63) is 30.0 Å². The first kappa shape index (κ1) is 15.6. The maximum atomic E-state index is 12.6. The van der Waals surface area contributed by atoms with Crippen LogP contribution in [0.5, 0.6) is 0 Å². The van der Waals surface area contributed by atoms with Gasteiger partial charge in [-0.1, -0.05) is 17.3 Å². The predicted molar refractivity (Wildman–Crippen MR) is 92.6 cm³/mol. The van der Waals surface area contributed by atoms with Crippen molar-refractivity contribution in [1.82, 2.24) is 15.4 Å². The number of nitrogens with one attached hydrogen (secondary N) is 1. The molecule has 1 amide bonds. The van der Waals surface area contributed by atoms with E-state index in [0.29, 0.717) is 6.42 Å². The monoisotopic (exact) mass is 327 g/mol. The molecule has 2 aliphatic heterocycles. The summed E-state index contributed by atoms with van der Waals surface area (Å²) in [5.74, 6) is 1.82. The van der Waals surface area contributed by atoms with Crippen LogP contribution in [0.15, 0.2) is 28.8 Å². The molecule has 3 heterocycles. The highest BCUT2D eigenvalue weighted by molar-refractivity contribution is 5.86. The van der Waals surface area contributed by atoms with Crippen LogP contribution < -0.4 is 5.32 Å². The van der Waals surface area contributed by atoms with Gasteiger partial charge in [-0.3, -0.25) is 4.79 Å². The average Bonchev–Trinajstić information content (AvgIpc) is 3.06. The van der Waals surface area contributed by atoms with Crippen LogP contribution in [-0.4, -0.2) is 42.1 Å². The summed E-state index contributed by atoms with van der Waals surface area (Å²) in [5.41, 5.74) is 1.51. The van der Waals surface area contributed by atoms with Gasteiger partial charge in [-0.05, 0) is 62.7 Å². The first-order valence-electron chi connectivity index (χ1n) is 9.13. The number of amides is 1. The highest BCUT2D eigenvalue weighted by Crippen LogP contribution is 2.31. The quantitative estimate of drug-likeness (QED) is 0.941. The summed E-state index contributed by atoms with van der Waals surface area (Å²) >= 11 is 0. The number of hydrogen-bond acceptors (Lipinski definition) is 4. The highest BCUT2D eigenvalue weighted by atomic mass is 16.5. The maximum Gasteiger partial charge on any atom is 0.228 e. The number of fused-ring (bicyclic) bond motifs is 1. The third-order valence-electron chi connectivity index (χ3n) is 5.71. The zero-order valence-electron chi connectivity index (χ0n) is 14.0. The van der Waals surface area contributed by atoms with E-state index in [2.05, 4.69) is 10.5 Å². The normalized spacial score (nSPS) is 20.6. The number of rotatable bonds is 3. The Bertz CT molecular complexity index is 697. The number of nitrogens with zero attached hydrogens (tertiary/aromatic N) is 2. The fourth-order valence-corrected chi connectivity index (χ4v) is 4.26. The number of likely N-dealkylation sites (tertiary alicyclic amines) is 1. The van der Waals surface area contributed by atoms with E-state index in [-0.39, 0.29) is 5.91 Å². The maximum absolute atomic E-state index is 12.6. The van der Waals surface area contributed by atoms with Gasteiger partial charge >= 0.3 is 0 Å². The smallest absolute Gasteiger partial charge is 0.228 e. The molecule has 0 saturated carbocycles. The summed E-state index contributed by atoms with van der Waals surface area (Å²) in [6, 6.07) is 7.74. The minimum absolute atomic E-state index is 0.179. The van der Waals surface area contributed by atoms with Gasteiger partial charge in [0.2, 0.25) is 5.91 Å². The van der Waals surface area contributed by atoms with Crippen LogP contribution in [0.3, 0.4) is 0 Å². The van der Waals surface area contributed by atoms with E-state index in [4.69, 9.17) is 4.52 Å². The molecule has 1 aromatic heterocycles. The average molecular weight is 327 g/mol. The van der Waals surface area contributed by atoms with Gasteiger partial charge in [-0.15, -0.1) is 0 Å². The minimum Gasteiger partial charge on any atom is -0.356 e. The van der Waals surface area contributed by atoms with Crippen LogP contribution in [-0.2, 0) is 11.2 Å². The molecule has 24 heavy (non-hydrogen) atoms. The highest BCUT2D eigenvalue weighted by Gasteiger charge is 2.29. The molecule has 2 aromatic rings. The van der Waals surface area contributed by atoms with Gasteiger partial charge in [-0.2, -0.15) is 0 Å². The molecular weight excluding hydrogens is 302 g/mol. The second kappa shape index (κ2) is 6.93. The van der Waals surface area contributed by atoms with Gasteiger partial charge in [0.1, 0.15) is 5.69 Å². The molecule has 1 N–H and O–H groups in total. The zero-order valence-corrected chi connectivity index (χ0v) is 14.0. The summed E-state index contributed by atoms with van der Waals surface area (Å²) in [6.07, 6.45) is 5.23. The Morgan fingerprint density at radius 3 is 2.62 bits per heavy atom. The summed E-state index contributed by atoms with van der Waals surface area (Å²) in [6.45, 7) is 4.10. The molecule has 0 atom stereocenters. The Hall–Kier alpha value is -1.88. The predicted octanol–water partition coefficient (Wildman–Crippen LogP) is 2.61. The van der Waals surface area contributed by atoms with E-state index >= 15 is 0 Å². The van der Waals surface area contributed by atoms with Crippen molar-refractivity contribution < 1.29 is 9.32 Å². The summed E-state index contributed by atoms with van der Waals surface area (Å²) in [7, 11) is 0. The Morgan fingerprint density at radius 1 is 1.12 bits per heavy atom. The van der Waals surface area contributed by atoms with E-state index in [9.17, 15) is 4.79 Å². The molecule has 0 radical (unpaired) electrons. The van der Waals surface area contributed by atoms with Crippen molar-refractivity contribution >= 4 is 16.9 Å². The summed E-state index contributed by atoms with van der Waals surface area (Å²) < 4.78 is 5.31. The Balaban J connectivity index is 1.34. The van der Waals surface area contributed by atoms with E-state index in [1.807, 2.05) is 29.2 Å². The van der Waals surface area contributed by atoms with Crippen LogP contribution in [0.25, 0.3) is 11.0 Å². The van der Waals surface area contributed by atoms with Crippen molar-refractivity contribution in [1.29, 1.82) is 0 Å². The van der Waals surface area contributed by atoms with Gasteiger partial charge in [0.15, 0.2) is 5.58 Å². The molecule has 0 aliphatic carbocycles. The van der Waals surface area contributed by atoms with Crippen LogP contribution in [0, 0.1) is 11.8 Å². The first-order valence-corrected chi connectivity index (χ1v) is 9.13. The first-order chi connectivity index (χ1) is 11.8. The molecule has 0 unspecified atom stereocenters. The van der Waals surface area contributed by atoms with E-state index in [0.717, 1.165) is 67.5 Å². The van der Waals surface area contributed by atoms with Gasteiger partial charge in [0, 0.05) is 18.5 Å². The van der Waals surface area contributed by atoms with Crippen LogP contribution >= 0.6 is 0 Å². The number of benzene rings is 1. The lowest BCUT2D eigenvalue weighted by Gasteiger charge is -2.37. The van der Waals surface area contributed by atoms with Crippen LogP contribution in [0.4, 0.5) is 0 Å². The Morgan fingerprint density at radius 2 is 1.83 bits per heavy atom. The van der Waals surface area contributed by atoms with Crippen molar-refractivity contribution in [3.63, 3.8) is 0 Å². The van der Waals surface area contributed by atoms with Gasteiger partial charge in [-0.25, -0.2) is 0 Å². The molecule has 2 fully saturated rings. The lowest BCUT2D eigenvalue weighted by Crippen LogP contribution is -2.42. The number of para-hydroxylation sites is 1. The molecule has 5 nitrogen and oxygen atoms in total. The lowest BCUT2D eigenvalue weighted by molar-refractivity contribution is -0.132. The zero-order chi connectivity index (χ0) is 16.4. The third-order valence-corrected chi connectivity index (χ3v) is 5.71. The number of carbonyl (C=O) groups is 1. The Labute approximate surface area is 142 Å². The fraction of sp³-hybridized carbons (Fsp3) is 0.579. The number of aromatic nitrogens is 1. The number of carbonyl (C=O) groups excluding carboxylic acids is 1. The largest absolute Gasteiger partial charge is 0.356 e. The molecule has 5 heteroatoms. The molecular formula is C19H25N3O2. The summed E-state index contributed by atoms with van der Waals surface area (Å²) in [5, 5.41) is 8.48. The second-order valence-corrected chi connectivity index (χ2v) is 7.11. The fourth-order valence-electron chi connectivity index (χ4n) is 4.26. The lowest BCUT2D eigenvalue weighted by atomic mass is 9.79. The van der Waals surface area contributed by atoms with Gasteiger partial charge in [0.25, 0.3) is 0 Å². The summed E-state index contributed by atoms with van der Waals surface area (Å²) in [4.78, 5) is 14.6. The van der Waals surface area contributed by atoms with E-state index in [1.165, 1.54) is 12.8 Å². The van der Waals surface area contributed by atoms with Gasteiger partial charge < -0.3 is 14.7 Å². The molecule has 2 saturated heterocycles. The molecule has 0 spiro atoms. The van der Waals surface area contributed by atoms with E-state index < -0.39 is 0 Å². The van der Waals surface area contributed by atoms with Crippen molar-refractivity contribution in [3.8, 4) is 0 Å². The molecule has 128 valence electrons. The second-order valence-electron chi connectivity index (χ2n) is 7.11. The van der Waals surface area contributed by atoms with E-state index in [1.54, 1.807) is 0 Å². The van der Waals surface area contributed by atoms with Gasteiger partial charge in [0.05, 0.1) is 6.42 Å². The third kappa shape index (κ3) is 3.18. The topological polar surface area (TPSA) is 58.4 Å². The minimum atomic E-state index is 0.179. The van der Waals surface area contributed by atoms with Crippen molar-refractivity contribution in [2.75, 3.05) is 26.2 Å². The molecule has 4 rings (SSSR count). The SMILES string of the molecule is O=C(Cc1noc2ccccc12)N1CCC(C2CCNCC2)CC1. The number of piperidine rings is 2. The molecule has 0 bridgehead atoms. The van der Waals surface area contributed by atoms with Crippen LogP contribution in [0.1, 0.15) is 31.4 Å². The molecule has 1 aromatic carbocycles. The van der Waals surface area contributed by atoms with Crippen molar-refractivity contribution in [2.24, 2.45) is 11.8 Å². The Kier molecular flexibility index (Phi) is 4.52. The number of hydrogen-bond donors (Lipinski definition) is 1.